The molecule has 4 heteroatoms. The maximum absolute atomic E-state index is 8.94. The summed E-state index contributed by atoms with van der Waals surface area (Å²) in [7, 11) is 1.96. The first-order chi connectivity index (χ1) is 11.2. The second kappa shape index (κ2) is 10.2. The predicted molar refractivity (Wildman–Crippen MR) is 98.9 cm³/mol. The van der Waals surface area contributed by atoms with Gasteiger partial charge in [-0.15, -0.1) is 0 Å². The molecule has 0 atom stereocenters. The maximum atomic E-state index is 8.94. The first-order valence-electron chi connectivity index (χ1n) is 7.61. The Balaban J connectivity index is 0.000000593. The van der Waals surface area contributed by atoms with Crippen LogP contribution in [-0.2, 0) is 11.2 Å². The van der Waals surface area contributed by atoms with Crippen molar-refractivity contribution in [3.05, 3.63) is 64.7 Å². The minimum atomic E-state index is 0.403. The lowest BCUT2D eigenvalue weighted by molar-refractivity contribution is -0.109. The highest BCUT2D eigenvalue weighted by atomic mass is 16.1. The molecule has 0 aliphatic heterocycles. The van der Waals surface area contributed by atoms with Crippen molar-refractivity contribution in [2.45, 2.75) is 20.3 Å². The van der Waals surface area contributed by atoms with Gasteiger partial charge in [0.1, 0.15) is 0 Å². The van der Waals surface area contributed by atoms with E-state index in [0.29, 0.717) is 6.41 Å². The number of nitrogens with one attached hydrogen (secondary N) is 2. The molecule has 0 bridgehead atoms. The fraction of sp³-hybridized carbons (Fsp3) is 0.211. The number of nitrogens with two attached hydrogens (primary N) is 1. The molecule has 0 radical (unpaired) electrons. The number of carbonyl (C=O) groups is 1. The lowest BCUT2D eigenvalue weighted by Gasteiger charge is -2.09. The van der Waals surface area contributed by atoms with Gasteiger partial charge in [0.05, 0.1) is 0 Å². The molecule has 0 saturated carbocycles. The van der Waals surface area contributed by atoms with E-state index in [1.807, 2.05) is 7.05 Å². The average Bonchev–Trinajstić information content (AvgIpc) is 2.60. The Hall–Kier alpha value is -2.59. The van der Waals surface area contributed by atoms with Gasteiger partial charge in [-0.1, -0.05) is 55.5 Å². The van der Waals surface area contributed by atoms with E-state index in [-0.39, 0.29) is 0 Å². The summed E-state index contributed by atoms with van der Waals surface area (Å²) in [6, 6.07) is 14.9. The smallest absolute Gasteiger partial charge is 0.221 e. The molecular weight excluding hydrogens is 286 g/mol. The van der Waals surface area contributed by atoms with Gasteiger partial charge < -0.3 is 5.32 Å². The van der Waals surface area contributed by atoms with Crippen LogP contribution < -0.4 is 16.6 Å². The lowest BCUT2D eigenvalue weighted by Crippen LogP contribution is -2.18. The Kier molecular flexibility index (Phi) is 8.18. The van der Waals surface area contributed by atoms with Gasteiger partial charge in [0, 0.05) is 18.3 Å². The molecule has 0 aromatic heterocycles. The van der Waals surface area contributed by atoms with E-state index >= 15 is 0 Å². The van der Waals surface area contributed by atoms with Crippen molar-refractivity contribution >= 4 is 24.2 Å². The Morgan fingerprint density at radius 2 is 1.78 bits per heavy atom. The quantitative estimate of drug-likeness (QED) is 0.261. The predicted octanol–water partition coefficient (Wildman–Crippen LogP) is 3.38. The minimum absolute atomic E-state index is 0.403. The maximum Gasteiger partial charge on any atom is 0.221 e. The molecule has 2 rings (SSSR count). The first kappa shape index (κ1) is 18.5. The number of benzene rings is 2. The fourth-order valence-corrected chi connectivity index (χ4v) is 2.31. The molecule has 4 N–H and O–H groups in total. The summed E-state index contributed by atoms with van der Waals surface area (Å²) in [5.74, 6) is 4.41. The molecule has 0 aliphatic rings. The molecule has 0 heterocycles. The summed E-state index contributed by atoms with van der Waals surface area (Å²) in [6.07, 6.45) is 5.88. The van der Waals surface area contributed by atoms with Crippen molar-refractivity contribution in [3.63, 3.8) is 0 Å². The number of amides is 1. The van der Waals surface area contributed by atoms with E-state index < -0.39 is 0 Å². The van der Waals surface area contributed by atoms with Crippen LogP contribution in [0.25, 0.3) is 12.2 Å². The summed E-state index contributed by atoms with van der Waals surface area (Å²) < 4.78 is 0. The van der Waals surface area contributed by atoms with Crippen molar-refractivity contribution < 1.29 is 4.79 Å². The number of hydrogen-bond donors (Lipinski definition) is 3. The highest BCUT2D eigenvalue weighted by Crippen LogP contribution is 2.22. The van der Waals surface area contributed by atoms with Gasteiger partial charge in [0.15, 0.2) is 0 Å². The van der Waals surface area contributed by atoms with Crippen molar-refractivity contribution in [1.29, 1.82) is 0 Å². The molecule has 0 spiro atoms. The zero-order valence-electron chi connectivity index (χ0n) is 14.0. The van der Waals surface area contributed by atoms with Crippen LogP contribution in [0.3, 0.4) is 0 Å². The monoisotopic (exact) mass is 311 g/mol. The number of aryl methyl sites for hydroxylation is 2. The summed E-state index contributed by atoms with van der Waals surface area (Å²) in [6.45, 7) is 4.34. The molecule has 4 nitrogen and oxygen atoms in total. The zero-order chi connectivity index (χ0) is 17.1. The fourth-order valence-electron chi connectivity index (χ4n) is 2.31. The number of hydrazine groups is 1. The van der Waals surface area contributed by atoms with Crippen LogP contribution in [0.5, 0.6) is 0 Å². The van der Waals surface area contributed by atoms with E-state index in [1.54, 1.807) is 5.43 Å². The van der Waals surface area contributed by atoms with Gasteiger partial charge in [-0.3, -0.25) is 10.2 Å². The second-order valence-corrected chi connectivity index (χ2v) is 4.96. The molecule has 2 aromatic carbocycles. The molecule has 0 unspecified atom stereocenters. The first-order valence-corrected chi connectivity index (χ1v) is 7.61. The number of rotatable bonds is 5. The minimum Gasteiger partial charge on any atom is -0.388 e. The van der Waals surface area contributed by atoms with E-state index in [4.69, 9.17) is 4.79 Å². The van der Waals surface area contributed by atoms with Crippen molar-refractivity contribution in [3.8, 4) is 0 Å². The second-order valence-electron chi connectivity index (χ2n) is 4.96. The molecular formula is C19H25N3O. The summed E-state index contributed by atoms with van der Waals surface area (Å²) in [5.41, 5.74) is 8.16. The van der Waals surface area contributed by atoms with E-state index in [1.165, 1.54) is 27.9 Å². The third-order valence-corrected chi connectivity index (χ3v) is 3.53. The third-order valence-electron chi connectivity index (χ3n) is 3.53. The number of anilines is 1. The highest BCUT2D eigenvalue weighted by Gasteiger charge is 2.01. The van der Waals surface area contributed by atoms with Crippen molar-refractivity contribution in [2.24, 2.45) is 5.84 Å². The molecule has 23 heavy (non-hydrogen) atoms. The van der Waals surface area contributed by atoms with Crippen LogP contribution in [0, 0.1) is 6.92 Å². The van der Waals surface area contributed by atoms with Crippen LogP contribution in [0.2, 0.25) is 0 Å². The molecule has 0 fully saturated rings. The van der Waals surface area contributed by atoms with Gasteiger partial charge >= 0.3 is 0 Å². The Morgan fingerprint density at radius 3 is 2.39 bits per heavy atom. The molecule has 0 saturated heterocycles. The Bertz CT molecular complexity index is 651. The molecule has 0 aliphatic carbocycles. The van der Waals surface area contributed by atoms with E-state index in [0.717, 1.165) is 6.42 Å². The topological polar surface area (TPSA) is 67.2 Å². The van der Waals surface area contributed by atoms with Crippen LogP contribution in [0.1, 0.15) is 29.2 Å². The zero-order valence-corrected chi connectivity index (χ0v) is 14.0. The van der Waals surface area contributed by atoms with Gasteiger partial charge in [-0.25, -0.2) is 5.84 Å². The molecule has 2 aromatic rings. The van der Waals surface area contributed by atoms with Crippen LogP contribution in [-0.4, -0.2) is 13.5 Å². The summed E-state index contributed by atoms with van der Waals surface area (Å²) in [5, 5.41) is 3.25. The third kappa shape index (κ3) is 5.60. The van der Waals surface area contributed by atoms with Crippen molar-refractivity contribution in [1.82, 2.24) is 5.43 Å². The van der Waals surface area contributed by atoms with Gasteiger partial charge in [-0.05, 0) is 36.1 Å². The molecule has 122 valence electrons. The van der Waals surface area contributed by atoms with E-state index in [2.05, 4.69) is 79.6 Å². The molecule has 1 amide bonds. The summed E-state index contributed by atoms with van der Waals surface area (Å²) >= 11 is 0. The largest absolute Gasteiger partial charge is 0.388 e. The number of carbonyl (C=O) groups excluding carboxylic acids is 1. The van der Waals surface area contributed by atoms with Gasteiger partial charge in [-0.2, -0.15) is 0 Å². The van der Waals surface area contributed by atoms with E-state index in [9.17, 15) is 0 Å². The van der Waals surface area contributed by atoms with Crippen LogP contribution >= 0.6 is 0 Å². The normalized spacial score (nSPS) is 9.91. The number of hydrogen-bond acceptors (Lipinski definition) is 3. The lowest BCUT2D eigenvalue weighted by atomic mass is 10.0. The van der Waals surface area contributed by atoms with Crippen LogP contribution in [0.4, 0.5) is 5.69 Å². The Labute approximate surface area is 138 Å². The SMILES string of the molecule is CCc1ccccc1/C=C/c1c(C)cccc1NC.NNC=O. The summed E-state index contributed by atoms with van der Waals surface area (Å²) in [4.78, 5) is 8.94. The Morgan fingerprint density at radius 1 is 1.09 bits per heavy atom. The highest BCUT2D eigenvalue weighted by molar-refractivity contribution is 5.79. The van der Waals surface area contributed by atoms with Gasteiger partial charge in [0.25, 0.3) is 0 Å². The van der Waals surface area contributed by atoms with Crippen molar-refractivity contribution in [2.75, 3.05) is 12.4 Å². The van der Waals surface area contributed by atoms with Crippen LogP contribution in [0.15, 0.2) is 42.5 Å². The average molecular weight is 311 g/mol. The van der Waals surface area contributed by atoms with Gasteiger partial charge in [0.2, 0.25) is 6.41 Å². The standard InChI is InChI=1S/C18H21N.CH4N2O/c1-4-15-9-5-6-10-16(15)12-13-17-14(2)8-7-11-18(17)19-3;2-3-1-4/h5-13,19H,4H2,1-3H3;1H,2H2,(H,3,4)/b13-12+;.